The van der Waals surface area contributed by atoms with Crippen molar-refractivity contribution >= 4 is 11.8 Å². The summed E-state index contributed by atoms with van der Waals surface area (Å²) in [5.41, 5.74) is 1.24. The predicted octanol–water partition coefficient (Wildman–Crippen LogP) is 2.13. The molecule has 5 nitrogen and oxygen atoms in total. The number of likely N-dealkylation sites (tertiary alicyclic amines) is 1. The number of carbonyl (C=O) groups excluding carboxylic acids is 2. The molecule has 8 heteroatoms. The number of carbonyl (C=O) groups is 2. The number of piperazine rings is 1. The van der Waals surface area contributed by atoms with Gasteiger partial charge in [0.1, 0.15) is 0 Å². The Bertz CT molecular complexity index is 650. The average Bonchev–Trinajstić information content (AvgIpc) is 2.68. The van der Waals surface area contributed by atoms with E-state index >= 15 is 0 Å². The second-order valence-corrected chi connectivity index (χ2v) is 7.15. The first-order valence-electron chi connectivity index (χ1n) is 9.26. The van der Waals surface area contributed by atoms with Crippen LogP contribution in [0.4, 0.5) is 13.2 Å². The summed E-state index contributed by atoms with van der Waals surface area (Å²) in [5.74, 6) is -2.08. The van der Waals surface area contributed by atoms with Crippen molar-refractivity contribution < 1.29 is 22.8 Å². The van der Waals surface area contributed by atoms with Crippen molar-refractivity contribution in [3.05, 3.63) is 35.9 Å². The molecule has 2 aliphatic rings. The largest absolute Gasteiger partial charge is 0.471 e. The highest BCUT2D eigenvalue weighted by atomic mass is 19.4. The molecule has 0 N–H and O–H groups in total. The Morgan fingerprint density at radius 1 is 0.889 bits per heavy atom. The Hall–Kier alpha value is -2.09. The Morgan fingerprint density at radius 3 is 2.04 bits per heavy atom. The molecule has 1 aromatic carbocycles. The molecule has 0 saturated carbocycles. The minimum absolute atomic E-state index is 0.00784. The van der Waals surface area contributed by atoms with Crippen molar-refractivity contribution in [2.45, 2.75) is 25.6 Å². The van der Waals surface area contributed by atoms with Gasteiger partial charge in [0.2, 0.25) is 5.91 Å². The van der Waals surface area contributed by atoms with Gasteiger partial charge in [0, 0.05) is 51.7 Å². The second-order valence-electron chi connectivity index (χ2n) is 7.15. The standard InChI is InChI=1S/C19H24F3N3O2/c20-19(21,22)18(27)25-8-6-16(7-9-25)17(26)24-12-10-23(11-13-24)14-15-4-2-1-3-5-15/h1-5,16H,6-14H2. The van der Waals surface area contributed by atoms with Crippen molar-refractivity contribution in [2.75, 3.05) is 39.3 Å². The van der Waals surface area contributed by atoms with Gasteiger partial charge in [-0.25, -0.2) is 0 Å². The number of halogens is 3. The number of hydrogen-bond acceptors (Lipinski definition) is 3. The third-order valence-electron chi connectivity index (χ3n) is 5.31. The van der Waals surface area contributed by atoms with Crippen molar-refractivity contribution in [3.8, 4) is 0 Å². The van der Waals surface area contributed by atoms with Gasteiger partial charge in [-0.1, -0.05) is 30.3 Å². The van der Waals surface area contributed by atoms with Gasteiger partial charge < -0.3 is 9.80 Å². The molecule has 2 fully saturated rings. The summed E-state index contributed by atoms with van der Waals surface area (Å²) in [5, 5.41) is 0. The van der Waals surface area contributed by atoms with E-state index in [1.165, 1.54) is 5.56 Å². The topological polar surface area (TPSA) is 43.9 Å². The highest BCUT2D eigenvalue weighted by molar-refractivity contribution is 5.83. The Morgan fingerprint density at radius 2 is 1.48 bits per heavy atom. The van der Waals surface area contributed by atoms with E-state index in [1.807, 2.05) is 23.1 Å². The zero-order valence-corrected chi connectivity index (χ0v) is 15.1. The summed E-state index contributed by atoms with van der Waals surface area (Å²) in [6.07, 6.45) is -4.25. The number of nitrogens with zero attached hydrogens (tertiary/aromatic N) is 3. The second kappa shape index (κ2) is 8.29. The molecule has 2 saturated heterocycles. The highest BCUT2D eigenvalue weighted by Gasteiger charge is 2.44. The van der Waals surface area contributed by atoms with E-state index < -0.39 is 12.1 Å². The van der Waals surface area contributed by atoms with Crippen molar-refractivity contribution in [2.24, 2.45) is 5.92 Å². The predicted molar refractivity (Wildman–Crippen MR) is 93.7 cm³/mol. The molecular formula is C19H24F3N3O2. The van der Waals surface area contributed by atoms with Gasteiger partial charge in [0.25, 0.3) is 0 Å². The van der Waals surface area contributed by atoms with Gasteiger partial charge in [-0.3, -0.25) is 14.5 Å². The summed E-state index contributed by atoms with van der Waals surface area (Å²) in [7, 11) is 0. The van der Waals surface area contributed by atoms with Crippen molar-refractivity contribution in [1.29, 1.82) is 0 Å². The lowest BCUT2D eigenvalue weighted by molar-refractivity contribution is -0.187. The van der Waals surface area contributed by atoms with E-state index in [4.69, 9.17) is 0 Å². The van der Waals surface area contributed by atoms with E-state index in [1.54, 1.807) is 0 Å². The molecule has 2 amide bonds. The quantitative estimate of drug-likeness (QED) is 0.803. The van der Waals surface area contributed by atoms with E-state index in [-0.39, 0.29) is 24.9 Å². The molecule has 2 heterocycles. The van der Waals surface area contributed by atoms with Gasteiger partial charge in [0.05, 0.1) is 0 Å². The molecule has 148 valence electrons. The van der Waals surface area contributed by atoms with Crippen LogP contribution in [-0.2, 0) is 16.1 Å². The smallest absolute Gasteiger partial charge is 0.340 e. The average molecular weight is 383 g/mol. The van der Waals surface area contributed by atoms with Gasteiger partial charge in [-0.2, -0.15) is 13.2 Å². The van der Waals surface area contributed by atoms with Crippen LogP contribution in [0.2, 0.25) is 0 Å². The number of piperidine rings is 1. The molecule has 0 atom stereocenters. The fourth-order valence-corrected chi connectivity index (χ4v) is 3.74. The zero-order valence-electron chi connectivity index (χ0n) is 15.1. The van der Waals surface area contributed by atoms with Crippen molar-refractivity contribution in [3.63, 3.8) is 0 Å². The van der Waals surface area contributed by atoms with Crippen LogP contribution in [0.5, 0.6) is 0 Å². The molecule has 2 aliphatic heterocycles. The van der Waals surface area contributed by atoms with Crippen LogP contribution in [0.25, 0.3) is 0 Å². The third-order valence-corrected chi connectivity index (χ3v) is 5.31. The SMILES string of the molecule is O=C(C1CCN(C(=O)C(F)(F)F)CC1)N1CCN(Cc2ccccc2)CC1. The first-order chi connectivity index (χ1) is 12.8. The van der Waals surface area contributed by atoms with Crippen LogP contribution in [0, 0.1) is 5.92 Å². The normalized spacial score (nSPS) is 20.0. The molecule has 3 rings (SSSR count). The lowest BCUT2D eigenvalue weighted by atomic mass is 9.95. The third kappa shape index (κ3) is 5.00. The summed E-state index contributed by atoms with van der Waals surface area (Å²) in [6, 6.07) is 10.1. The van der Waals surface area contributed by atoms with E-state index in [2.05, 4.69) is 17.0 Å². The van der Waals surface area contributed by atoms with Crippen LogP contribution in [-0.4, -0.2) is 72.0 Å². The Kier molecular flexibility index (Phi) is 6.04. The lowest BCUT2D eigenvalue weighted by Gasteiger charge is -2.38. The molecule has 0 radical (unpaired) electrons. The molecular weight excluding hydrogens is 359 g/mol. The van der Waals surface area contributed by atoms with Crippen LogP contribution >= 0.6 is 0 Å². The van der Waals surface area contributed by atoms with Crippen LogP contribution < -0.4 is 0 Å². The highest BCUT2D eigenvalue weighted by Crippen LogP contribution is 2.25. The molecule has 0 spiro atoms. The first-order valence-corrected chi connectivity index (χ1v) is 9.26. The Labute approximate surface area is 156 Å². The molecule has 0 unspecified atom stereocenters. The molecule has 1 aromatic rings. The van der Waals surface area contributed by atoms with Gasteiger partial charge in [0.15, 0.2) is 0 Å². The monoisotopic (exact) mass is 383 g/mol. The van der Waals surface area contributed by atoms with Gasteiger partial charge >= 0.3 is 12.1 Å². The van der Waals surface area contributed by atoms with E-state index in [0.717, 1.165) is 24.5 Å². The molecule has 27 heavy (non-hydrogen) atoms. The Balaban J connectivity index is 1.44. The number of benzene rings is 1. The van der Waals surface area contributed by atoms with Crippen LogP contribution in [0.15, 0.2) is 30.3 Å². The number of amides is 2. The van der Waals surface area contributed by atoms with Crippen LogP contribution in [0.3, 0.4) is 0 Å². The van der Waals surface area contributed by atoms with E-state index in [0.29, 0.717) is 25.9 Å². The zero-order chi connectivity index (χ0) is 19.4. The number of alkyl halides is 3. The summed E-state index contributed by atoms with van der Waals surface area (Å²) in [4.78, 5) is 28.9. The molecule has 0 aromatic heterocycles. The maximum absolute atomic E-state index is 12.7. The minimum Gasteiger partial charge on any atom is -0.340 e. The van der Waals surface area contributed by atoms with Gasteiger partial charge in [-0.05, 0) is 18.4 Å². The molecule has 0 bridgehead atoms. The van der Waals surface area contributed by atoms with E-state index in [9.17, 15) is 22.8 Å². The maximum Gasteiger partial charge on any atom is 0.471 e. The summed E-state index contributed by atoms with van der Waals surface area (Å²) < 4.78 is 37.5. The fourth-order valence-electron chi connectivity index (χ4n) is 3.74. The first kappa shape index (κ1) is 19.7. The minimum atomic E-state index is -4.84. The summed E-state index contributed by atoms with van der Waals surface area (Å²) in [6.45, 7) is 3.66. The van der Waals surface area contributed by atoms with Crippen molar-refractivity contribution in [1.82, 2.24) is 14.7 Å². The fraction of sp³-hybridized carbons (Fsp3) is 0.579. The molecule has 0 aliphatic carbocycles. The van der Waals surface area contributed by atoms with Crippen LogP contribution in [0.1, 0.15) is 18.4 Å². The summed E-state index contributed by atoms with van der Waals surface area (Å²) >= 11 is 0. The number of rotatable bonds is 3. The maximum atomic E-state index is 12.7. The number of hydrogen-bond donors (Lipinski definition) is 0. The van der Waals surface area contributed by atoms with Gasteiger partial charge in [-0.15, -0.1) is 0 Å². The lowest BCUT2D eigenvalue weighted by Crippen LogP contribution is -2.52.